The molecule has 1 fully saturated rings. The van der Waals surface area contributed by atoms with Crippen LogP contribution in [-0.4, -0.2) is 66.1 Å². The van der Waals surface area contributed by atoms with Gasteiger partial charge < -0.3 is 20.1 Å². The molecule has 1 aromatic heterocycles. The van der Waals surface area contributed by atoms with Crippen molar-refractivity contribution in [2.45, 2.75) is 18.7 Å². The number of nitrogens with zero attached hydrogens (tertiary/aromatic N) is 3. The van der Waals surface area contributed by atoms with Crippen molar-refractivity contribution in [2.24, 2.45) is 5.73 Å². The molecule has 19 heavy (non-hydrogen) atoms. The van der Waals surface area contributed by atoms with E-state index in [1.54, 1.807) is 15.8 Å². The lowest BCUT2D eigenvalue weighted by atomic mass is 10.2. The van der Waals surface area contributed by atoms with Crippen molar-refractivity contribution < 1.29 is 14.3 Å². The molecule has 7 heteroatoms. The maximum Gasteiger partial charge on any atom is 0.242 e. The van der Waals surface area contributed by atoms with E-state index in [9.17, 15) is 4.79 Å². The van der Waals surface area contributed by atoms with E-state index in [-0.39, 0.29) is 18.6 Å². The van der Waals surface area contributed by atoms with Crippen LogP contribution in [0.2, 0.25) is 0 Å². The van der Waals surface area contributed by atoms with Gasteiger partial charge in [-0.05, 0) is 6.07 Å². The predicted molar refractivity (Wildman–Crippen MR) is 68.4 cm³/mol. The summed E-state index contributed by atoms with van der Waals surface area (Å²) < 4.78 is 12.4. The molecule has 1 aromatic rings. The maximum atomic E-state index is 12.1. The second kappa shape index (κ2) is 6.65. The van der Waals surface area contributed by atoms with Gasteiger partial charge in [0.15, 0.2) is 0 Å². The predicted octanol–water partition coefficient (Wildman–Crippen LogP) is -0.916. The Morgan fingerprint density at radius 2 is 2.53 bits per heavy atom. The van der Waals surface area contributed by atoms with Crippen LogP contribution in [-0.2, 0) is 20.8 Å². The Balaban J connectivity index is 1.88. The summed E-state index contributed by atoms with van der Waals surface area (Å²) in [7, 11) is 1.53. The number of nitrogens with two attached hydrogens (primary N) is 1. The minimum Gasteiger partial charge on any atom is -0.383 e. The van der Waals surface area contributed by atoms with Crippen molar-refractivity contribution in [1.82, 2.24) is 14.7 Å². The highest BCUT2D eigenvalue weighted by atomic mass is 16.5. The third kappa shape index (κ3) is 3.76. The van der Waals surface area contributed by atoms with E-state index in [0.29, 0.717) is 26.2 Å². The third-order valence-corrected chi connectivity index (χ3v) is 3.06. The number of amides is 1. The highest BCUT2D eigenvalue weighted by Crippen LogP contribution is 2.08. The van der Waals surface area contributed by atoms with Gasteiger partial charge >= 0.3 is 0 Å². The molecule has 1 aliphatic rings. The average molecular weight is 268 g/mol. The first-order valence-electron chi connectivity index (χ1n) is 6.33. The van der Waals surface area contributed by atoms with Crippen LogP contribution in [0.25, 0.3) is 0 Å². The molecule has 2 atom stereocenters. The number of morpholine rings is 1. The van der Waals surface area contributed by atoms with Crippen molar-refractivity contribution in [3.05, 3.63) is 18.5 Å². The fourth-order valence-corrected chi connectivity index (χ4v) is 2.13. The molecule has 2 heterocycles. The largest absolute Gasteiger partial charge is 0.383 e. The Bertz CT molecular complexity index is 396. The second-order valence-corrected chi connectivity index (χ2v) is 4.57. The molecule has 0 bridgehead atoms. The summed E-state index contributed by atoms with van der Waals surface area (Å²) in [4.78, 5) is 13.8. The Hall–Kier alpha value is -1.44. The SMILES string of the molecule is COCC(N)C(=O)N1CCOC(Cn2cccn2)C1. The van der Waals surface area contributed by atoms with Crippen molar-refractivity contribution in [2.75, 3.05) is 33.4 Å². The van der Waals surface area contributed by atoms with Crippen LogP contribution in [0.15, 0.2) is 18.5 Å². The fourth-order valence-electron chi connectivity index (χ4n) is 2.13. The summed E-state index contributed by atoms with van der Waals surface area (Å²) in [5.74, 6) is -0.0874. The molecule has 0 spiro atoms. The summed E-state index contributed by atoms with van der Waals surface area (Å²) in [6.45, 7) is 2.51. The van der Waals surface area contributed by atoms with Gasteiger partial charge in [-0.2, -0.15) is 5.10 Å². The number of hydrogen-bond donors (Lipinski definition) is 1. The molecule has 2 N–H and O–H groups in total. The van der Waals surface area contributed by atoms with E-state index in [1.165, 1.54) is 7.11 Å². The molecule has 2 rings (SSSR count). The number of methoxy groups -OCH3 is 1. The van der Waals surface area contributed by atoms with Crippen LogP contribution in [0.3, 0.4) is 0 Å². The lowest BCUT2D eigenvalue weighted by molar-refractivity contribution is -0.141. The van der Waals surface area contributed by atoms with Gasteiger partial charge in [0, 0.05) is 32.6 Å². The van der Waals surface area contributed by atoms with Crippen molar-refractivity contribution >= 4 is 5.91 Å². The van der Waals surface area contributed by atoms with Gasteiger partial charge in [0.2, 0.25) is 5.91 Å². The first-order chi connectivity index (χ1) is 9.20. The zero-order valence-corrected chi connectivity index (χ0v) is 11.1. The third-order valence-electron chi connectivity index (χ3n) is 3.06. The molecule has 2 unspecified atom stereocenters. The molecule has 106 valence electrons. The van der Waals surface area contributed by atoms with Crippen molar-refractivity contribution in [3.63, 3.8) is 0 Å². The van der Waals surface area contributed by atoms with E-state index < -0.39 is 6.04 Å². The lowest BCUT2D eigenvalue weighted by Gasteiger charge is -2.34. The van der Waals surface area contributed by atoms with E-state index in [0.717, 1.165) is 0 Å². The number of aromatic nitrogens is 2. The number of ether oxygens (including phenoxy) is 2. The van der Waals surface area contributed by atoms with Crippen LogP contribution in [0.4, 0.5) is 0 Å². The molecular weight excluding hydrogens is 248 g/mol. The summed E-state index contributed by atoms with van der Waals surface area (Å²) in [5.41, 5.74) is 5.77. The lowest BCUT2D eigenvalue weighted by Crippen LogP contribution is -2.53. The molecule has 0 radical (unpaired) electrons. The summed E-state index contributed by atoms with van der Waals surface area (Å²) >= 11 is 0. The van der Waals surface area contributed by atoms with Gasteiger partial charge in [0.1, 0.15) is 6.04 Å². The molecule has 0 aliphatic carbocycles. The maximum absolute atomic E-state index is 12.1. The molecule has 1 aliphatic heterocycles. The zero-order chi connectivity index (χ0) is 13.7. The van der Waals surface area contributed by atoms with Crippen LogP contribution in [0.1, 0.15) is 0 Å². The van der Waals surface area contributed by atoms with Crippen LogP contribution in [0.5, 0.6) is 0 Å². The minimum absolute atomic E-state index is 0.0488. The zero-order valence-electron chi connectivity index (χ0n) is 11.1. The minimum atomic E-state index is -0.603. The molecule has 1 saturated heterocycles. The van der Waals surface area contributed by atoms with Crippen LogP contribution >= 0.6 is 0 Å². The highest BCUT2D eigenvalue weighted by molar-refractivity contribution is 5.81. The van der Waals surface area contributed by atoms with Gasteiger partial charge in [0.25, 0.3) is 0 Å². The summed E-state index contributed by atoms with van der Waals surface area (Å²) in [5, 5.41) is 4.13. The van der Waals surface area contributed by atoms with Crippen molar-refractivity contribution in [1.29, 1.82) is 0 Å². The van der Waals surface area contributed by atoms with E-state index in [2.05, 4.69) is 5.10 Å². The normalized spacial score (nSPS) is 21.4. The van der Waals surface area contributed by atoms with E-state index in [4.69, 9.17) is 15.2 Å². The summed E-state index contributed by atoms with van der Waals surface area (Å²) in [6, 6.07) is 1.26. The van der Waals surface area contributed by atoms with Gasteiger partial charge in [0.05, 0.1) is 25.9 Å². The molecule has 0 aromatic carbocycles. The Morgan fingerprint density at radius 1 is 1.68 bits per heavy atom. The molecular formula is C12H20N4O3. The van der Waals surface area contributed by atoms with Crippen LogP contribution < -0.4 is 5.73 Å². The quantitative estimate of drug-likeness (QED) is 0.747. The first-order valence-corrected chi connectivity index (χ1v) is 6.33. The number of carbonyl (C=O) groups excluding carboxylic acids is 1. The Kier molecular flexibility index (Phi) is 4.89. The Labute approximate surface area is 112 Å². The second-order valence-electron chi connectivity index (χ2n) is 4.57. The monoisotopic (exact) mass is 268 g/mol. The number of carbonyl (C=O) groups is 1. The molecule has 1 amide bonds. The molecule has 7 nitrogen and oxygen atoms in total. The fraction of sp³-hybridized carbons (Fsp3) is 0.667. The van der Waals surface area contributed by atoms with E-state index >= 15 is 0 Å². The van der Waals surface area contributed by atoms with Gasteiger partial charge in [-0.25, -0.2) is 0 Å². The topological polar surface area (TPSA) is 82.6 Å². The standard InChI is InChI=1S/C12H20N4O3/c1-18-9-11(13)12(17)15-5-6-19-10(7-15)8-16-4-2-3-14-16/h2-4,10-11H,5-9,13H2,1H3. The highest BCUT2D eigenvalue weighted by Gasteiger charge is 2.27. The number of rotatable bonds is 5. The van der Waals surface area contributed by atoms with Gasteiger partial charge in [-0.15, -0.1) is 0 Å². The van der Waals surface area contributed by atoms with Gasteiger partial charge in [-0.3, -0.25) is 9.48 Å². The number of hydrogen-bond acceptors (Lipinski definition) is 5. The average Bonchev–Trinajstić information content (AvgIpc) is 2.91. The summed E-state index contributed by atoms with van der Waals surface area (Å²) in [6.07, 6.45) is 3.55. The first kappa shape index (κ1) is 14.0. The Morgan fingerprint density at radius 3 is 3.21 bits per heavy atom. The smallest absolute Gasteiger partial charge is 0.242 e. The van der Waals surface area contributed by atoms with E-state index in [1.807, 2.05) is 12.3 Å². The van der Waals surface area contributed by atoms with Crippen LogP contribution in [0, 0.1) is 0 Å². The molecule has 0 saturated carbocycles. The van der Waals surface area contributed by atoms with Gasteiger partial charge in [-0.1, -0.05) is 0 Å². The van der Waals surface area contributed by atoms with Crippen molar-refractivity contribution in [3.8, 4) is 0 Å².